The maximum absolute atomic E-state index is 12.1. The predicted octanol–water partition coefficient (Wildman–Crippen LogP) is 1.37. The van der Waals surface area contributed by atoms with E-state index in [1.807, 2.05) is 0 Å². The van der Waals surface area contributed by atoms with Crippen molar-refractivity contribution >= 4 is 23.8 Å². The standard InChI is InChI=1S/C16H27NO7/c1-23-15(21)11-17(12-16(22)24-2)13(18)9-7-5-3-4-6-8-10-14(19)20/h3-12H2,1-2H3,(H,19,20). The smallest absolute Gasteiger partial charge is 0.325 e. The van der Waals surface area contributed by atoms with Gasteiger partial charge in [0.2, 0.25) is 5.91 Å². The fraction of sp³-hybridized carbons (Fsp3) is 0.750. The molecule has 0 aromatic carbocycles. The van der Waals surface area contributed by atoms with Gasteiger partial charge < -0.3 is 19.5 Å². The van der Waals surface area contributed by atoms with E-state index in [-0.39, 0.29) is 31.8 Å². The number of hydrogen-bond donors (Lipinski definition) is 1. The van der Waals surface area contributed by atoms with E-state index in [0.717, 1.165) is 30.6 Å². The van der Waals surface area contributed by atoms with Gasteiger partial charge in [0, 0.05) is 12.8 Å². The number of carbonyl (C=O) groups excluding carboxylic acids is 3. The van der Waals surface area contributed by atoms with E-state index in [0.29, 0.717) is 12.8 Å². The third-order valence-corrected chi connectivity index (χ3v) is 3.48. The monoisotopic (exact) mass is 345 g/mol. The lowest BCUT2D eigenvalue weighted by Gasteiger charge is -2.20. The first-order valence-corrected chi connectivity index (χ1v) is 8.04. The highest BCUT2D eigenvalue weighted by Crippen LogP contribution is 2.10. The highest BCUT2D eigenvalue weighted by atomic mass is 16.5. The van der Waals surface area contributed by atoms with Gasteiger partial charge >= 0.3 is 17.9 Å². The Labute approximate surface area is 142 Å². The van der Waals surface area contributed by atoms with Gasteiger partial charge in [0.05, 0.1) is 14.2 Å². The number of aliphatic carboxylic acids is 1. The van der Waals surface area contributed by atoms with Crippen LogP contribution in [0.3, 0.4) is 0 Å². The summed E-state index contributed by atoms with van der Waals surface area (Å²) in [6.45, 7) is -0.556. The first kappa shape index (κ1) is 21.9. The van der Waals surface area contributed by atoms with Crippen LogP contribution in [0.25, 0.3) is 0 Å². The van der Waals surface area contributed by atoms with Gasteiger partial charge in [0.1, 0.15) is 13.1 Å². The van der Waals surface area contributed by atoms with E-state index in [4.69, 9.17) is 5.11 Å². The van der Waals surface area contributed by atoms with Crippen LogP contribution in [-0.2, 0) is 28.7 Å². The zero-order valence-electron chi connectivity index (χ0n) is 14.4. The molecule has 0 radical (unpaired) electrons. The summed E-state index contributed by atoms with van der Waals surface area (Å²) in [6, 6.07) is 0. The summed E-state index contributed by atoms with van der Waals surface area (Å²) in [5.41, 5.74) is 0. The van der Waals surface area contributed by atoms with E-state index < -0.39 is 17.9 Å². The van der Waals surface area contributed by atoms with Crippen molar-refractivity contribution in [1.82, 2.24) is 4.90 Å². The second kappa shape index (κ2) is 13.3. The molecule has 1 N–H and O–H groups in total. The van der Waals surface area contributed by atoms with Gasteiger partial charge in [-0.15, -0.1) is 0 Å². The molecule has 0 unspecified atom stereocenters. The second-order valence-electron chi connectivity index (χ2n) is 5.42. The molecule has 0 heterocycles. The molecule has 0 aliphatic carbocycles. The Balaban J connectivity index is 4.02. The Hall–Kier alpha value is -2.12. The molecule has 0 saturated carbocycles. The second-order valence-corrected chi connectivity index (χ2v) is 5.42. The number of hydrogen-bond acceptors (Lipinski definition) is 6. The molecular weight excluding hydrogens is 318 g/mol. The van der Waals surface area contributed by atoms with Gasteiger partial charge in [-0.1, -0.05) is 25.7 Å². The van der Waals surface area contributed by atoms with Crippen molar-refractivity contribution in [1.29, 1.82) is 0 Å². The minimum atomic E-state index is -0.781. The molecule has 0 saturated heterocycles. The van der Waals surface area contributed by atoms with Crippen molar-refractivity contribution in [2.24, 2.45) is 0 Å². The van der Waals surface area contributed by atoms with Crippen molar-refractivity contribution in [3.8, 4) is 0 Å². The maximum Gasteiger partial charge on any atom is 0.325 e. The number of carboxylic acids is 1. The van der Waals surface area contributed by atoms with Crippen LogP contribution in [0.5, 0.6) is 0 Å². The number of methoxy groups -OCH3 is 2. The minimum Gasteiger partial charge on any atom is -0.481 e. The lowest BCUT2D eigenvalue weighted by Crippen LogP contribution is -2.40. The topological polar surface area (TPSA) is 110 Å². The number of carboxylic acid groups (broad SMARTS) is 1. The summed E-state index contributed by atoms with van der Waals surface area (Å²) >= 11 is 0. The molecule has 0 atom stereocenters. The normalized spacial score (nSPS) is 10.1. The van der Waals surface area contributed by atoms with Gasteiger partial charge in [-0.25, -0.2) is 0 Å². The lowest BCUT2D eigenvalue weighted by molar-refractivity contribution is -0.152. The average molecular weight is 345 g/mol. The molecule has 8 heteroatoms. The minimum absolute atomic E-state index is 0.189. The Morgan fingerprint density at radius 1 is 0.750 bits per heavy atom. The van der Waals surface area contributed by atoms with Crippen LogP contribution < -0.4 is 0 Å². The van der Waals surface area contributed by atoms with Gasteiger partial charge in [-0.3, -0.25) is 19.2 Å². The average Bonchev–Trinajstić information content (AvgIpc) is 2.55. The molecule has 0 rings (SSSR count). The number of ether oxygens (including phenoxy) is 2. The summed E-state index contributed by atoms with van der Waals surface area (Å²) < 4.78 is 9.03. The molecule has 0 aliphatic rings. The number of nitrogens with zero attached hydrogens (tertiary/aromatic N) is 1. The summed E-state index contributed by atoms with van der Waals surface area (Å²) in [5.74, 6) is -2.26. The molecule has 0 aromatic rings. The van der Waals surface area contributed by atoms with Crippen LogP contribution in [0.4, 0.5) is 0 Å². The fourth-order valence-electron chi connectivity index (χ4n) is 2.09. The van der Waals surface area contributed by atoms with E-state index in [1.54, 1.807) is 0 Å². The van der Waals surface area contributed by atoms with Crippen LogP contribution in [0, 0.1) is 0 Å². The van der Waals surface area contributed by atoms with Crippen molar-refractivity contribution in [3.63, 3.8) is 0 Å². The predicted molar refractivity (Wildman–Crippen MR) is 85.2 cm³/mol. The molecule has 0 fully saturated rings. The van der Waals surface area contributed by atoms with Crippen LogP contribution in [0.15, 0.2) is 0 Å². The van der Waals surface area contributed by atoms with E-state index >= 15 is 0 Å². The highest BCUT2D eigenvalue weighted by Gasteiger charge is 2.20. The van der Waals surface area contributed by atoms with Crippen LogP contribution in [0.1, 0.15) is 51.4 Å². The van der Waals surface area contributed by atoms with Crippen molar-refractivity contribution < 1.29 is 33.8 Å². The number of rotatable bonds is 13. The Morgan fingerprint density at radius 3 is 1.58 bits per heavy atom. The Bertz CT molecular complexity index is 405. The third kappa shape index (κ3) is 11.4. The first-order chi connectivity index (χ1) is 11.4. The van der Waals surface area contributed by atoms with Gasteiger partial charge in [0.15, 0.2) is 0 Å². The molecule has 0 spiro atoms. The maximum atomic E-state index is 12.1. The van der Waals surface area contributed by atoms with Crippen molar-refractivity contribution in [2.75, 3.05) is 27.3 Å². The van der Waals surface area contributed by atoms with Gasteiger partial charge in [0.25, 0.3) is 0 Å². The number of esters is 2. The van der Waals surface area contributed by atoms with Crippen LogP contribution >= 0.6 is 0 Å². The van der Waals surface area contributed by atoms with E-state index in [1.165, 1.54) is 14.2 Å². The van der Waals surface area contributed by atoms with Crippen LogP contribution in [-0.4, -0.2) is 61.1 Å². The number of carbonyl (C=O) groups is 4. The van der Waals surface area contributed by atoms with Crippen molar-refractivity contribution in [3.05, 3.63) is 0 Å². The Kier molecular flexibility index (Phi) is 12.2. The van der Waals surface area contributed by atoms with Crippen LogP contribution in [0.2, 0.25) is 0 Å². The SMILES string of the molecule is COC(=O)CN(CC(=O)OC)C(=O)CCCCCCCCC(=O)O. The molecule has 0 aliphatic heterocycles. The molecule has 0 bridgehead atoms. The Morgan fingerprint density at radius 2 is 1.17 bits per heavy atom. The summed E-state index contributed by atoms with van der Waals surface area (Å²) in [5, 5.41) is 8.52. The highest BCUT2D eigenvalue weighted by molar-refractivity contribution is 5.85. The molecule has 24 heavy (non-hydrogen) atoms. The summed E-state index contributed by atoms with van der Waals surface area (Å²) in [7, 11) is 2.43. The summed E-state index contributed by atoms with van der Waals surface area (Å²) in [4.78, 5) is 46.2. The summed E-state index contributed by atoms with van der Waals surface area (Å²) in [6.07, 6.45) is 5.28. The molecular formula is C16H27NO7. The number of unbranched alkanes of at least 4 members (excludes halogenated alkanes) is 5. The van der Waals surface area contributed by atoms with E-state index in [2.05, 4.69) is 9.47 Å². The molecule has 1 amide bonds. The molecule has 138 valence electrons. The first-order valence-electron chi connectivity index (χ1n) is 8.04. The number of amides is 1. The van der Waals surface area contributed by atoms with E-state index in [9.17, 15) is 19.2 Å². The zero-order chi connectivity index (χ0) is 18.4. The van der Waals surface area contributed by atoms with Crippen molar-refractivity contribution in [2.45, 2.75) is 51.4 Å². The molecule has 0 aromatic heterocycles. The quantitative estimate of drug-likeness (QED) is 0.396. The lowest BCUT2D eigenvalue weighted by atomic mass is 10.1. The van der Waals surface area contributed by atoms with Gasteiger partial charge in [-0.2, -0.15) is 0 Å². The zero-order valence-corrected chi connectivity index (χ0v) is 14.4. The molecule has 8 nitrogen and oxygen atoms in total. The third-order valence-electron chi connectivity index (χ3n) is 3.48. The fourth-order valence-corrected chi connectivity index (χ4v) is 2.09. The largest absolute Gasteiger partial charge is 0.481 e. The van der Waals surface area contributed by atoms with Gasteiger partial charge in [-0.05, 0) is 12.8 Å².